The monoisotopic (exact) mass is 219 g/mol. The summed E-state index contributed by atoms with van der Waals surface area (Å²) in [6.45, 7) is 0.213. The van der Waals surface area contributed by atoms with Crippen molar-refractivity contribution in [3.63, 3.8) is 0 Å². The van der Waals surface area contributed by atoms with Crippen molar-refractivity contribution >= 4 is 0 Å². The SMILES string of the molecule is CC(N)c1cc(F)cc(C(F)(F)CO)c1. The Hall–Kier alpha value is -1.07. The maximum atomic E-state index is 13.1. The predicted octanol–water partition coefficient (Wildman–Crippen LogP) is 1.93. The van der Waals surface area contributed by atoms with Crippen LogP contribution in [0, 0.1) is 5.82 Å². The van der Waals surface area contributed by atoms with E-state index in [0.717, 1.165) is 12.1 Å². The van der Waals surface area contributed by atoms with E-state index in [2.05, 4.69) is 0 Å². The highest BCUT2D eigenvalue weighted by molar-refractivity contribution is 5.29. The lowest BCUT2D eigenvalue weighted by atomic mass is 10.0. The number of alkyl halides is 2. The second-order valence-corrected chi connectivity index (χ2v) is 3.42. The Balaban J connectivity index is 3.20. The Bertz CT molecular complexity index is 353. The molecule has 0 saturated heterocycles. The van der Waals surface area contributed by atoms with Crippen LogP contribution in [-0.2, 0) is 5.92 Å². The van der Waals surface area contributed by atoms with Gasteiger partial charge in [0.1, 0.15) is 12.4 Å². The second kappa shape index (κ2) is 4.20. The van der Waals surface area contributed by atoms with Crippen LogP contribution in [0.4, 0.5) is 13.2 Å². The van der Waals surface area contributed by atoms with Gasteiger partial charge >= 0.3 is 0 Å². The predicted molar refractivity (Wildman–Crippen MR) is 50.0 cm³/mol. The summed E-state index contributed by atoms with van der Waals surface area (Å²) >= 11 is 0. The van der Waals surface area contributed by atoms with Crippen LogP contribution in [0.15, 0.2) is 18.2 Å². The first-order chi connectivity index (χ1) is 6.86. The molecule has 3 N–H and O–H groups in total. The van der Waals surface area contributed by atoms with Crippen LogP contribution in [0.5, 0.6) is 0 Å². The molecule has 0 spiro atoms. The van der Waals surface area contributed by atoms with Crippen molar-refractivity contribution in [2.45, 2.75) is 18.9 Å². The fourth-order valence-corrected chi connectivity index (χ4v) is 1.18. The van der Waals surface area contributed by atoms with Gasteiger partial charge in [-0.2, -0.15) is 8.78 Å². The molecule has 0 aliphatic heterocycles. The fourth-order valence-electron chi connectivity index (χ4n) is 1.18. The van der Waals surface area contributed by atoms with E-state index in [1.807, 2.05) is 0 Å². The average Bonchev–Trinajstić information content (AvgIpc) is 2.16. The molecule has 2 nitrogen and oxygen atoms in total. The molecule has 84 valence electrons. The molecule has 1 atom stereocenters. The van der Waals surface area contributed by atoms with E-state index < -0.39 is 30.0 Å². The molecule has 0 heterocycles. The molecule has 0 aliphatic rings. The molecule has 1 aromatic carbocycles. The van der Waals surface area contributed by atoms with Crippen LogP contribution in [0.25, 0.3) is 0 Å². The van der Waals surface area contributed by atoms with Gasteiger partial charge in [-0.25, -0.2) is 4.39 Å². The van der Waals surface area contributed by atoms with Crippen molar-refractivity contribution in [1.82, 2.24) is 0 Å². The molecule has 1 rings (SSSR count). The minimum Gasteiger partial charge on any atom is -0.390 e. The van der Waals surface area contributed by atoms with Crippen LogP contribution in [-0.4, -0.2) is 11.7 Å². The number of hydrogen-bond acceptors (Lipinski definition) is 2. The number of halogens is 3. The summed E-state index contributed by atoms with van der Waals surface area (Å²) in [4.78, 5) is 0. The summed E-state index contributed by atoms with van der Waals surface area (Å²) in [5, 5.41) is 8.46. The zero-order chi connectivity index (χ0) is 11.6. The van der Waals surface area contributed by atoms with E-state index in [4.69, 9.17) is 10.8 Å². The zero-order valence-corrected chi connectivity index (χ0v) is 8.17. The summed E-state index contributed by atoms with van der Waals surface area (Å²) < 4.78 is 39.1. The van der Waals surface area contributed by atoms with E-state index >= 15 is 0 Å². The molecule has 15 heavy (non-hydrogen) atoms. The van der Waals surface area contributed by atoms with E-state index in [9.17, 15) is 13.2 Å². The third-order valence-electron chi connectivity index (χ3n) is 2.07. The van der Waals surface area contributed by atoms with Crippen molar-refractivity contribution in [1.29, 1.82) is 0 Å². The van der Waals surface area contributed by atoms with E-state index in [1.165, 1.54) is 0 Å². The standard InChI is InChI=1S/C10H12F3NO/c1-6(14)7-2-8(4-9(11)3-7)10(12,13)5-15/h2-4,6,15H,5,14H2,1H3. The van der Waals surface area contributed by atoms with Gasteiger partial charge in [0, 0.05) is 11.6 Å². The average molecular weight is 219 g/mol. The van der Waals surface area contributed by atoms with Crippen molar-refractivity contribution in [2.75, 3.05) is 6.61 Å². The molecule has 5 heteroatoms. The van der Waals surface area contributed by atoms with Gasteiger partial charge < -0.3 is 10.8 Å². The van der Waals surface area contributed by atoms with Gasteiger partial charge in [0.25, 0.3) is 5.92 Å². The van der Waals surface area contributed by atoms with Crippen molar-refractivity contribution in [2.24, 2.45) is 5.73 Å². The molecule has 0 saturated carbocycles. The van der Waals surface area contributed by atoms with Crippen LogP contribution < -0.4 is 5.73 Å². The number of aliphatic hydroxyl groups excluding tert-OH is 1. The second-order valence-electron chi connectivity index (χ2n) is 3.42. The lowest BCUT2D eigenvalue weighted by molar-refractivity contribution is -0.0558. The zero-order valence-electron chi connectivity index (χ0n) is 8.17. The van der Waals surface area contributed by atoms with E-state index in [-0.39, 0.29) is 5.56 Å². The summed E-state index contributed by atoms with van der Waals surface area (Å²) in [5.41, 5.74) is 5.18. The third-order valence-corrected chi connectivity index (χ3v) is 2.07. The van der Waals surface area contributed by atoms with Gasteiger partial charge in [-0.1, -0.05) is 0 Å². The number of hydrogen-bond donors (Lipinski definition) is 2. The van der Waals surface area contributed by atoms with Gasteiger partial charge in [-0.3, -0.25) is 0 Å². The highest BCUT2D eigenvalue weighted by atomic mass is 19.3. The Morgan fingerprint density at radius 3 is 2.47 bits per heavy atom. The molecule has 0 aromatic heterocycles. The first-order valence-electron chi connectivity index (χ1n) is 4.42. The van der Waals surface area contributed by atoms with Crippen LogP contribution in [0.2, 0.25) is 0 Å². The Labute approximate surface area is 85.5 Å². The highest BCUT2D eigenvalue weighted by Gasteiger charge is 2.31. The van der Waals surface area contributed by atoms with Crippen molar-refractivity contribution < 1.29 is 18.3 Å². The Morgan fingerprint density at radius 2 is 2.00 bits per heavy atom. The van der Waals surface area contributed by atoms with E-state index in [0.29, 0.717) is 6.07 Å². The lowest BCUT2D eigenvalue weighted by Crippen LogP contribution is -2.19. The summed E-state index contributed by atoms with van der Waals surface area (Å²) in [5.74, 6) is -4.22. The van der Waals surface area contributed by atoms with Crippen LogP contribution >= 0.6 is 0 Å². The largest absolute Gasteiger partial charge is 0.390 e. The van der Waals surface area contributed by atoms with E-state index in [1.54, 1.807) is 6.92 Å². The molecule has 0 fully saturated rings. The maximum absolute atomic E-state index is 13.1. The highest BCUT2D eigenvalue weighted by Crippen LogP contribution is 2.29. The number of rotatable bonds is 3. The maximum Gasteiger partial charge on any atom is 0.295 e. The molecular weight excluding hydrogens is 207 g/mol. The molecule has 0 bridgehead atoms. The quantitative estimate of drug-likeness (QED) is 0.815. The molecule has 0 amide bonds. The molecule has 1 unspecified atom stereocenters. The smallest absolute Gasteiger partial charge is 0.295 e. The first kappa shape index (κ1) is 12.0. The van der Waals surface area contributed by atoms with Crippen molar-refractivity contribution in [3.05, 3.63) is 35.1 Å². The summed E-state index contributed by atoms with van der Waals surface area (Å²) in [6.07, 6.45) is 0. The fraction of sp³-hybridized carbons (Fsp3) is 0.400. The Morgan fingerprint density at radius 1 is 1.40 bits per heavy atom. The summed E-state index contributed by atoms with van der Waals surface area (Å²) in [7, 11) is 0. The van der Waals surface area contributed by atoms with Gasteiger partial charge in [-0.15, -0.1) is 0 Å². The van der Waals surface area contributed by atoms with Crippen LogP contribution in [0.1, 0.15) is 24.1 Å². The van der Waals surface area contributed by atoms with Crippen LogP contribution in [0.3, 0.4) is 0 Å². The normalized spacial score (nSPS) is 14.0. The van der Waals surface area contributed by atoms with Gasteiger partial charge in [0.05, 0.1) is 0 Å². The molecule has 0 radical (unpaired) electrons. The van der Waals surface area contributed by atoms with Crippen molar-refractivity contribution in [3.8, 4) is 0 Å². The molecule has 0 aliphatic carbocycles. The molecule has 1 aromatic rings. The van der Waals surface area contributed by atoms with Gasteiger partial charge in [-0.05, 0) is 30.7 Å². The number of benzene rings is 1. The molecular formula is C10H12F3NO. The number of aliphatic hydroxyl groups is 1. The Kier molecular flexibility index (Phi) is 3.36. The van der Waals surface area contributed by atoms with Gasteiger partial charge in [0.2, 0.25) is 0 Å². The third kappa shape index (κ3) is 2.70. The number of nitrogens with two attached hydrogens (primary N) is 1. The summed E-state index contributed by atoms with van der Waals surface area (Å²) in [6, 6.07) is 2.36. The van der Waals surface area contributed by atoms with Gasteiger partial charge in [0.15, 0.2) is 0 Å². The minimum atomic E-state index is -3.44. The minimum absolute atomic E-state index is 0.276. The first-order valence-corrected chi connectivity index (χ1v) is 4.42. The lowest BCUT2D eigenvalue weighted by Gasteiger charge is -2.16. The topological polar surface area (TPSA) is 46.2 Å².